The number of benzene rings is 2. The van der Waals surface area contributed by atoms with Crippen LogP contribution in [0.1, 0.15) is 47.1 Å². The largest absolute Gasteiger partial charge is 0.465 e. The predicted octanol–water partition coefficient (Wildman–Crippen LogP) is 7.75. The molecule has 43 heavy (non-hydrogen) atoms. The SMILES string of the molecule is CN(C)c1ccc(/C(C=C2C=C(C(C)(C)C)OC(C(C)(C)C)=C2)=C/C=c2/sc(=C(C#N)C#N)nc2-c2ccccc2)cc1. The first-order valence-electron chi connectivity index (χ1n) is 14.2. The molecule has 0 saturated carbocycles. The average molecular weight is 587 g/mol. The Kier molecular flexibility index (Phi) is 9.24. The van der Waals surface area contributed by atoms with Gasteiger partial charge in [-0.25, -0.2) is 4.98 Å². The van der Waals surface area contributed by atoms with Gasteiger partial charge in [0.25, 0.3) is 0 Å². The Labute approximate surface area is 259 Å². The molecule has 218 valence electrons. The molecular weight excluding hydrogens is 549 g/mol. The fourth-order valence-electron chi connectivity index (χ4n) is 4.34. The quantitative estimate of drug-likeness (QED) is 0.306. The number of ether oxygens (including phenoxy) is 1. The normalized spacial score (nSPS) is 14.2. The lowest BCUT2D eigenvalue weighted by atomic mass is 9.86. The maximum absolute atomic E-state index is 9.52. The van der Waals surface area contributed by atoms with Crippen LogP contribution in [0.2, 0.25) is 0 Å². The van der Waals surface area contributed by atoms with Crippen molar-refractivity contribution in [3.63, 3.8) is 0 Å². The molecule has 1 aliphatic heterocycles. The van der Waals surface area contributed by atoms with Gasteiger partial charge >= 0.3 is 0 Å². The number of hydrogen-bond donors (Lipinski definition) is 0. The van der Waals surface area contributed by atoms with E-state index in [0.29, 0.717) is 4.66 Å². The van der Waals surface area contributed by atoms with E-state index in [1.807, 2.05) is 62.6 Å². The van der Waals surface area contributed by atoms with Crippen LogP contribution >= 0.6 is 11.3 Å². The van der Waals surface area contributed by atoms with Crippen molar-refractivity contribution in [1.82, 2.24) is 4.98 Å². The lowest BCUT2D eigenvalue weighted by molar-refractivity contribution is 0.161. The summed E-state index contributed by atoms with van der Waals surface area (Å²) in [5, 5.41) is 19.0. The summed E-state index contributed by atoms with van der Waals surface area (Å²) in [4.78, 5) is 6.79. The topological polar surface area (TPSA) is 72.9 Å². The van der Waals surface area contributed by atoms with E-state index < -0.39 is 0 Å². The Bertz CT molecular complexity index is 1780. The van der Waals surface area contributed by atoms with Crippen LogP contribution in [0.15, 0.2) is 96.0 Å². The summed E-state index contributed by atoms with van der Waals surface area (Å²) < 4.78 is 7.69. The van der Waals surface area contributed by atoms with Gasteiger partial charge in [0.05, 0.1) is 10.2 Å². The molecule has 0 bridgehead atoms. The molecule has 0 fully saturated rings. The highest BCUT2D eigenvalue weighted by Crippen LogP contribution is 2.39. The second kappa shape index (κ2) is 12.7. The zero-order valence-electron chi connectivity index (χ0n) is 26.2. The summed E-state index contributed by atoms with van der Waals surface area (Å²) in [6.07, 6.45) is 10.6. The molecule has 0 saturated heterocycles. The van der Waals surface area contributed by atoms with Gasteiger partial charge in [0.2, 0.25) is 0 Å². The molecule has 0 unspecified atom stereocenters. The number of aromatic nitrogens is 1. The molecule has 1 aliphatic rings. The van der Waals surface area contributed by atoms with E-state index in [0.717, 1.165) is 49.7 Å². The minimum atomic E-state index is -0.160. The van der Waals surface area contributed by atoms with Crippen LogP contribution in [-0.2, 0) is 4.74 Å². The van der Waals surface area contributed by atoms with Crippen molar-refractivity contribution in [3.05, 3.63) is 111 Å². The van der Waals surface area contributed by atoms with Crippen molar-refractivity contribution in [1.29, 1.82) is 10.5 Å². The van der Waals surface area contributed by atoms with E-state index in [-0.39, 0.29) is 16.4 Å². The van der Waals surface area contributed by atoms with Gasteiger partial charge in [-0.2, -0.15) is 10.5 Å². The fourth-order valence-corrected chi connectivity index (χ4v) is 5.28. The second-order valence-corrected chi connectivity index (χ2v) is 13.7. The number of hydrogen-bond acceptors (Lipinski definition) is 6. The van der Waals surface area contributed by atoms with Crippen LogP contribution in [0.5, 0.6) is 0 Å². The highest BCUT2D eigenvalue weighted by molar-refractivity contribution is 7.08. The molecular formula is C37H38N4OS. The summed E-state index contributed by atoms with van der Waals surface area (Å²) in [6.45, 7) is 13.0. The summed E-state index contributed by atoms with van der Waals surface area (Å²) in [5.74, 6) is 1.85. The van der Waals surface area contributed by atoms with E-state index >= 15 is 0 Å². The van der Waals surface area contributed by atoms with Crippen molar-refractivity contribution < 1.29 is 4.74 Å². The zero-order chi connectivity index (χ0) is 31.4. The number of nitrogens with zero attached hydrogens (tertiary/aromatic N) is 4. The van der Waals surface area contributed by atoms with Gasteiger partial charge < -0.3 is 9.64 Å². The monoisotopic (exact) mass is 586 g/mol. The summed E-state index contributed by atoms with van der Waals surface area (Å²) in [5.41, 5.74) is 5.59. The summed E-state index contributed by atoms with van der Waals surface area (Å²) in [6, 6.07) is 22.3. The molecule has 0 aliphatic carbocycles. The van der Waals surface area contributed by atoms with Crippen LogP contribution in [0.25, 0.3) is 28.5 Å². The maximum atomic E-state index is 9.52. The molecule has 0 N–H and O–H groups in total. The first-order chi connectivity index (χ1) is 20.3. The van der Waals surface area contributed by atoms with Crippen LogP contribution < -0.4 is 14.1 Å². The van der Waals surface area contributed by atoms with Crippen LogP contribution in [0.3, 0.4) is 0 Å². The number of allylic oxidation sites excluding steroid dienone is 8. The Morgan fingerprint density at radius 1 is 0.860 bits per heavy atom. The van der Waals surface area contributed by atoms with Crippen molar-refractivity contribution in [3.8, 4) is 23.4 Å². The maximum Gasteiger partial charge on any atom is 0.165 e. The van der Waals surface area contributed by atoms with Gasteiger partial charge in [0.15, 0.2) is 5.57 Å². The third kappa shape index (κ3) is 7.60. The fraction of sp³-hybridized carbons (Fsp3) is 0.270. The van der Waals surface area contributed by atoms with Gasteiger partial charge in [0.1, 0.15) is 28.3 Å². The van der Waals surface area contributed by atoms with Crippen LogP contribution in [-0.4, -0.2) is 19.1 Å². The van der Waals surface area contributed by atoms with E-state index in [4.69, 9.17) is 9.72 Å². The van der Waals surface area contributed by atoms with E-state index in [2.05, 4.69) is 95.0 Å². The smallest absolute Gasteiger partial charge is 0.165 e. The van der Waals surface area contributed by atoms with Gasteiger partial charge in [0, 0.05) is 36.2 Å². The molecule has 0 spiro atoms. The van der Waals surface area contributed by atoms with Crippen molar-refractivity contribution >= 4 is 34.2 Å². The molecule has 6 heteroatoms. The molecule has 4 rings (SSSR count). The van der Waals surface area contributed by atoms with Crippen molar-refractivity contribution in [2.45, 2.75) is 41.5 Å². The predicted molar refractivity (Wildman–Crippen MR) is 179 cm³/mol. The molecule has 0 atom stereocenters. The highest BCUT2D eigenvalue weighted by Gasteiger charge is 2.28. The summed E-state index contributed by atoms with van der Waals surface area (Å²) >= 11 is 1.34. The Morgan fingerprint density at radius 2 is 1.44 bits per heavy atom. The average Bonchev–Trinajstić information content (AvgIpc) is 3.39. The van der Waals surface area contributed by atoms with Gasteiger partial charge in [-0.15, -0.1) is 11.3 Å². The second-order valence-electron chi connectivity index (χ2n) is 12.7. The Morgan fingerprint density at radius 3 is 1.95 bits per heavy atom. The third-order valence-corrected chi connectivity index (χ3v) is 7.92. The number of anilines is 1. The Balaban J connectivity index is 1.99. The molecule has 5 nitrogen and oxygen atoms in total. The molecule has 1 aromatic heterocycles. The highest BCUT2D eigenvalue weighted by atomic mass is 32.1. The summed E-state index contributed by atoms with van der Waals surface area (Å²) in [7, 11) is 4.06. The number of rotatable bonds is 5. The Hall–Kier alpha value is -4.65. The van der Waals surface area contributed by atoms with Crippen molar-refractivity contribution in [2.24, 2.45) is 10.8 Å². The minimum Gasteiger partial charge on any atom is -0.465 e. The van der Waals surface area contributed by atoms with Crippen LogP contribution in [0.4, 0.5) is 5.69 Å². The van der Waals surface area contributed by atoms with E-state index in [9.17, 15) is 10.5 Å². The molecule has 0 amide bonds. The first kappa shape index (κ1) is 31.3. The molecule has 2 heterocycles. The van der Waals surface area contributed by atoms with E-state index in [1.165, 1.54) is 11.3 Å². The first-order valence-corrected chi connectivity index (χ1v) is 15.0. The van der Waals surface area contributed by atoms with Gasteiger partial charge in [-0.3, -0.25) is 0 Å². The lowest BCUT2D eigenvalue weighted by Gasteiger charge is -2.32. The van der Waals surface area contributed by atoms with Gasteiger partial charge in [-0.1, -0.05) is 90.1 Å². The van der Waals surface area contributed by atoms with E-state index in [1.54, 1.807) is 0 Å². The molecule has 2 aromatic carbocycles. The lowest BCUT2D eigenvalue weighted by Crippen LogP contribution is -2.21. The molecule has 3 aromatic rings. The zero-order valence-corrected chi connectivity index (χ0v) is 27.0. The minimum absolute atomic E-state index is 0.00864. The van der Waals surface area contributed by atoms with Gasteiger partial charge in [-0.05, 0) is 53.1 Å². The standard InChI is InChI=1S/C37H38N4OS/c1-36(2,3)32-21-25(22-33(42-32)37(4,5)6)20-28(26-14-17-30(18-15-26)41(7)8)16-19-31-34(27-12-10-9-11-13-27)40-35(43-31)29(23-38)24-39/h9-22H,1-8H3/b28-16+,31-19+. The van der Waals surface area contributed by atoms with Crippen LogP contribution in [0, 0.1) is 33.5 Å². The molecule has 0 radical (unpaired) electrons. The number of thiazole rings is 1. The third-order valence-electron chi connectivity index (χ3n) is 6.89. The number of nitriles is 2. The van der Waals surface area contributed by atoms with Crippen molar-refractivity contribution in [2.75, 3.05) is 19.0 Å².